The fraction of sp³-hybridized carbons (Fsp3) is 0.0455. The summed E-state index contributed by atoms with van der Waals surface area (Å²) >= 11 is 5.23. The van der Waals surface area contributed by atoms with Crippen LogP contribution < -0.4 is 10.6 Å². The minimum Gasteiger partial charge on any atom is -0.507 e. The van der Waals surface area contributed by atoms with Crippen molar-refractivity contribution in [3.05, 3.63) is 77.9 Å². The van der Waals surface area contributed by atoms with E-state index in [2.05, 4.69) is 15.6 Å². The lowest BCUT2D eigenvalue weighted by molar-refractivity contribution is 0.0977. The molecule has 0 aliphatic rings. The quantitative estimate of drug-likeness (QED) is 0.341. The van der Waals surface area contributed by atoms with E-state index in [1.54, 1.807) is 36.4 Å². The highest BCUT2D eigenvalue weighted by Crippen LogP contribution is 2.33. The third kappa shape index (κ3) is 4.09. The van der Waals surface area contributed by atoms with Gasteiger partial charge in [0.15, 0.2) is 10.7 Å². The van der Waals surface area contributed by atoms with Crippen LogP contribution in [0.3, 0.4) is 0 Å². The number of fused-ring (bicyclic) bond motifs is 1. The van der Waals surface area contributed by atoms with Crippen LogP contribution in [-0.2, 0) is 0 Å². The lowest BCUT2D eigenvalue weighted by Gasteiger charge is -2.11. The molecule has 0 bridgehead atoms. The van der Waals surface area contributed by atoms with E-state index in [1.165, 1.54) is 6.07 Å². The second-order valence-corrected chi connectivity index (χ2v) is 6.90. The number of carbonyl (C=O) groups is 1. The van der Waals surface area contributed by atoms with Crippen LogP contribution >= 0.6 is 12.2 Å². The average Bonchev–Trinajstić information content (AvgIpc) is 3.13. The maximum absolute atomic E-state index is 12.2. The van der Waals surface area contributed by atoms with E-state index in [9.17, 15) is 9.90 Å². The molecule has 144 valence electrons. The third-order valence-corrected chi connectivity index (χ3v) is 4.50. The molecule has 29 heavy (non-hydrogen) atoms. The number of carbonyl (C=O) groups excluding carboxylic acids is 1. The summed E-state index contributed by atoms with van der Waals surface area (Å²) in [5.41, 5.74) is 3.90. The van der Waals surface area contributed by atoms with Gasteiger partial charge >= 0.3 is 0 Å². The molecule has 0 unspecified atom stereocenters. The van der Waals surface area contributed by atoms with E-state index in [-0.39, 0.29) is 16.8 Å². The number of phenols is 1. The van der Waals surface area contributed by atoms with Crippen molar-refractivity contribution in [2.75, 3.05) is 5.32 Å². The van der Waals surface area contributed by atoms with E-state index < -0.39 is 0 Å². The van der Waals surface area contributed by atoms with E-state index >= 15 is 0 Å². The molecular weight excluding hydrogens is 386 g/mol. The van der Waals surface area contributed by atoms with Crippen molar-refractivity contribution < 1.29 is 14.3 Å². The van der Waals surface area contributed by atoms with Crippen LogP contribution in [0.5, 0.6) is 5.75 Å². The number of nitrogens with zero attached hydrogens (tertiary/aromatic N) is 1. The first-order chi connectivity index (χ1) is 14.0. The highest BCUT2D eigenvalue weighted by atomic mass is 32.1. The van der Waals surface area contributed by atoms with Crippen molar-refractivity contribution >= 4 is 40.0 Å². The predicted octanol–water partition coefficient (Wildman–Crippen LogP) is 4.64. The SMILES string of the molecule is Cc1ccc2nc(-c3cc(NC(=S)NC(=O)c4ccccc4)ccc3O)oc2c1. The Morgan fingerprint density at radius 2 is 1.86 bits per heavy atom. The minimum atomic E-state index is -0.309. The molecule has 3 N–H and O–H groups in total. The first-order valence-electron chi connectivity index (χ1n) is 8.87. The molecule has 0 saturated carbocycles. The molecule has 0 aliphatic carbocycles. The highest BCUT2D eigenvalue weighted by Gasteiger charge is 2.14. The largest absolute Gasteiger partial charge is 0.507 e. The fourth-order valence-electron chi connectivity index (χ4n) is 2.86. The zero-order valence-corrected chi connectivity index (χ0v) is 16.3. The number of anilines is 1. The smallest absolute Gasteiger partial charge is 0.257 e. The summed E-state index contributed by atoms with van der Waals surface area (Å²) < 4.78 is 5.80. The summed E-state index contributed by atoms with van der Waals surface area (Å²) in [6.07, 6.45) is 0. The molecule has 7 heteroatoms. The van der Waals surface area contributed by atoms with Crippen LogP contribution in [0.2, 0.25) is 0 Å². The number of hydrogen-bond acceptors (Lipinski definition) is 5. The van der Waals surface area contributed by atoms with E-state index in [1.807, 2.05) is 31.2 Å². The number of aromatic hydroxyl groups is 1. The maximum Gasteiger partial charge on any atom is 0.257 e. The number of phenolic OH excluding ortho intramolecular Hbond substituents is 1. The number of aryl methyl sites for hydroxylation is 1. The van der Waals surface area contributed by atoms with Crippen molar-refractivity contribution in [1.29, 1.82) is 0 Å². The van der Waals surface area contributed by atoms with Gasteiger partial charge in [-0.1, -0.05) is 24.3 Å². The molecule has 4 aromatic rings. The van der Waals surface area contributed by atoms with Crippen molar-refractivity contribution in [2.45, 2.75) is 6.92 Å². The predicted molar refractivity (Wildman–Crippen MR) is 116 cm³/mol. The Morgan fingerprint density at radius 3 is 2.66 bits per heavy atom. The van der Waals surface area contributed by atoms with Crippen molar-refractivity contribution in [3.63, 3.8) is 0 Å². The zero-order valence-electron chi connectivity index (χ0n) is 15.5. The molecule has 3 aromatic carbocycles. The molecule has 0 radical (unpaired) electrons. The van der Waals surface area contributed by atoms with Crippen molar-refractivity contribution in [3.8, 4) is 17.2 Å². The Morgan fingerprint density at radius 1 is 1.07 bits per heavy atom. The molecular formula is C22H17N3O3S. The molecule has 0 saturated heterocycles. The molecule has 4 rings (SSSR count). The third-order valence-electron chi connectivity index (χ3n) is 4.29. The second kappa shape index (κ2) is 7.73. The van der Waals surface area contributed by atoms with Gasteiger partial charge in [0.2, 0.25) is 5.89 Å². The molecule has 0 atom stereocenters. The minimum absolute atomic E-state index is 0.0260. The Kier molecular flexibility index (Phi) is 4.97. The molecule has 1 heterocycles. The van der Waals surface area contributed by atoms with Crippen molar-refractivity contribution in [1.82, 2.24) is 10.3 Å². The van der Waals surface area contributed by atoms with Gasteiger partial charge in [0, 0.05) is 11.3 Å². The Balaban J connectivity index is 1.54. The number of amides is 1. The second-order valence-electron chi connectivity index (χ2n) is 6.50. The number of aromatic nitrogens is 1. The lowest BCUT2D eigenvalue weighted by atomic mass is 10.1. The van der Waals surface area contributed by atoms with Gasteiger partial charge < -0.3 is 14.8 Å². The number of benzene rings is 3. The number of nitrogens with one attached hydrogen (secondary N) is 2. The van der Waals surface area contributed by atoms with Gasteiger partial charge in [-0.3, -0.25) is 10.1 Å². The van der Waals surface area contributed by atoms with Gasteiger partial charge in [0.1, 0.15) is 11.3 Å². The number of thiocarbonyl (C=S) groups is 1. The molecule has 6 nitrogen and oxygen atoms in total. The van der Waals surface area contributed by atoms with Gasteiger partial charge in [0.05, 0.1) is 5.56 Å². The summed E-state index contributed by atoms with van der Waals surface area (Å²) in [6.45, 7) is 1.97. The van der Waals surface area contributed by atoms with E-state index in [4.69, 9.17) is 16.6 Å². The molecule has 0 spiro atoms. The van der Waals surface area contributed by atoms with Crippen molar-refractivity contribution in [2.24, 2.45) is 0 Å². The van der Waals surface area contributed by atoms with Gasteiger partial charge in [-0.2, -0.15) is 0 Å². The Hall–Kier alpha value is -3.71. The first-order valence-corrected chi connectivity index (χ1v) is 9.28. The summed E-state index contributed by atoms with van der Waals surface area (Å²) in [5, 5.41) is 16.0. The van der Waals surface area contributed by atoms with Crippen LogP contribution in [-0.4, -0.2) is 21.1 Å². The summed E-state index contributed by atoms with van der Waals surface area (Å²) in [5.74, 6) is 0.0143. The van der Waals surface area contributed by atoms with Gasteiger partial charge in [-0.15, -0.1) is 0 Å². The Labute approximate surface area is 172 Å². The molecule has 0 fully saturated rings. The normalized spacial score (nSPS) is 10.7. The summed E-state index contributed by atoms with van der Waals surface area (Å²) in [6, 6.07) is 19.3. The van der Waals surface area contributed by atoms with E-state index in [0.717, 1.165) is 5.56 Å². The monoisotopic (exact) mass is 403 g/mol. The van der Waals surface area contributed by atoms with Crippen LogP contribution in [0.4, 0.5) is 5.69 Å². The van der Waals surface area contributed by atoms with Gasteiger partial charge in [-0.05, 0) is 67.2 Å². The first kappa shape index (κ1) is 18.6. The maximum atomic E-state index is 12.2. The average molecular weight is 403 g/mol. The Bertz CT molecular complexity index is 1220. The lowest BCUT2D eigenvalue weighted by Crippen LogP contribution is -2.34. The number of hydrogen-bond donors (Lipinski definition) is 3. The highest BCUT2D eigenvalue weighted by molar-refractivity contribution is 7.80. The standard InChI is InChI=1S/C22H17N3O3S/c1-13-7-9-17-19(11-13)28-21(24-17)16-12-15(8-10-18(16)26)23-22(29)25-20(27)14-5-3-2-4-6-14/h2-12,26H,1H3,(H2,23,25,27,29). The topological polar surface area (TPSA) is 87.4 Å². The van der Waals surface area contributed by atoms with Gasteiger partial charge in [0.25, 0.3) is 5.91 Å². The summed E-state index contributed by atoms with van der Waals surface area (Å²) in [7, 11) is 0. The van der Waals surface area contributed by atoms with Crippen LogP contribution in [0, 0.1) is 6.92 Å². The number of oxazole rings is 1. The molecule has 1 aromatic heterocycles. The van der Waals surface area contributed by atoms with Gasteiger partial charge in [-0.25, -0.2) is 4.98 Å². The zero-order chi connectivity index (χ0) is 20.4. The van der Waals surface area contributed by atoms with E-state index in [0.29, 0.717) is 33.8 Å². The molecule has 1 amide bonds. The molecule has 0 aliphatic heterocycles. The number of rotatable bonds is 3. The fourth-order valence-corrected chi connectivity index (χ4v) is 3.07. The van der Waals surface area contributed by atoms with Crippen LogP contribution in [0.1, 0.15) is 15.9 Å². The van der Waals surface area contributed by atoms with Crippen LogP contribution in [0.25, 0.3) is 22.6 Å². The summed E-state index contributed by atoms with van der Waals surface area (Å²) in [4.78, 5) is 16.6. The van der Waals surface area contributed by atoms with Crippen LogP contribution in [0.15, 0.2) is 71.1 Å².